The van der Waals surface area contributed by atoms with E-state index in [0.717, 1.165) is 16.8 Å². The lowest BCUT2D eigenvalue weighted by atomic mass is 10.0. The minimum Gasteiger partial charge on any atom is -0.450 e. The Morgan fingerprint density at radius 1 is 1.21 bits per heavy atom. The molecule has 2 heterocycles. The van der Waals surface area contributed by atoms with E-state index in [0.29, 0.717) is 39.1 Å². The minimum absolute atomic E-state index is 0.00835. The van der Waals surface area contributed by atoms with Crippen LogP contribution in [0.4, 0.5) is 10.5 Å². The SMILES string of the molecule is CCOC(=O)N1CCC(NC(=O)C2CC(=O)N(c3cccc(C)c3C)C2)CC1. The van der Waals surface area contributed by atoms with Gasteiger partial charge in [-0.05, 0) is 50.8 Å². The number of benzene rings is 1. The van der Waals surface area contributed by atoms with Crippen molar-refractivity contribution in [1.82, 2.24) is 10.2 Å². The second-order valence-electron chi connectivity index (χ2n) is 7.59. The lowest BCUT2D eigenvalue weighted by Gasteiger charge is -2.32. The first-order valence-corrected chi connectivity index (χ1v) is 9.99. The zero-order valence-electron chi connectivity index (χ0n) is 16.9. The van der Waals surface area contributed by atoms with Crippen LogP contribution in [0.3, 0.4) is 0 Å². The number of carbonyl (C=O) groups excluding carboxylic acids is 3. The van der Waals surface area contributed by atoms with Gasteiger partial charge in [0.1, 0.15) is 0 Å². The first-order valence-electron chi connectivity index (χ1n) is 9.99. The summed E-state index contributed by atoms with van der Waals surface area (Å²) in [6.45, 7) is 7.73. The molecule has 7 heteroatoms. The van der Waals surface area contributed by atoms with E-state index in [1.54, 1.807) is 16.7 Å². The van der Waals surface area contributed by atoms with Gasteiger partial charge in [-0.25, -0.2) is 4.79 Å². The van der Waals surface area contributed by atoms with Crippen molar-refractivity contribution in [2.45, 2.75) is 46.1 Å². The van der Waals surface area contributed by atoms with Gasteiger partial charge in [-0.3, -0.25) is 9.59 Å². The van der Waals surface area contributed by atoms with E-state index in [-0.39, 0.29) is 36.3 Å². The third kappa shape index (κ3) is 4.29. The quantitative estimate of drug-likeness (QED) is 0.860. The van der Waals surface area contributed by atoms with Crippen LogP contribution in [0.15, 0.2) is 18.2 Å². The maximum absolute atomic E-state index is 12.7. The van der Waals surface area contributed by atoms with Crippen molar-refractivity contribution in [1.29, 1.82) is 0 Å². The van der Waals surface area contributed by atoms with E-state index >= 15 is 0 Å². The highest BCUT2D eigenvalue weighted by molar-refractivity contribution is 6.01. The molecule has 7 nitrogen and oxygen atoms in total. The molecule has 2 saturated heterocycles. The average Bonchev–Trinajstić information content (AvgIpc) is 3.06. The number of amides is 3. The molecule has 2 aliphatic rings. The third-order valence-electron chi connectivity index (χ3n) is 5.73. The predicted octanol–water partition coefficient (Wildman–Crippen LogP) is 2.39. The summed E-state index contributed by atoms with van der Waals surface area (Å²) in [5.74, 6) is -0.419. The largest absolute Gasteiger partial charge is 0.450 e. The third-order valence-corrected chi connectivity index (χ3v) is 5.73. The molecule has 1 aromatic rings. The summed E-state index contributed by atoms with van der Waals surface area (Å²) in [5.41, 5.74) is 3.10. The highest BCUT2D eigenvalue weighted by atomic mass is 16.6. The second-order valence-corrected chi connectivity index (χ2v) is 7.59. The highest BCUT2D eigenvalue weighted by Gasteiger charge is 2.37. The van der Waals surface area contributed by atoms with Crippen molar-refractivity contribution < 1.29 is 19.1 Å². The van der Waals surface area contributed by atoms with Gasteiger partial charge in [0, 0.05) is 37.8 Å². The van der Waals surface area contributed by atoms with Crippen molar-refractivity contribution in [2.75, 3.05) is 31.1 Å². The van der Waals surface area contributed by atoms with Crippen LogP contribution in [0.5, 0.6) is 0 Å². The standard InChI is InChI=1S/C21H29N3O4/c1-4-28-21(27)23-10-8-17(9-11-23)22-20(26)16-12-19(25)24(13-16)18-7-5-6-14(2)15(18)3/h5-7,16-17H,4,8-13H2,1-3H3,(H,22,26). The molecule has 1 aromatic carbocycles. The van der Waals surface area contributed by atoms with Gasteiger partial charge in [0.25, 0.3) is 0 Å². The number of anilines is 1. The Labute approximate surface area is 166 Å². The summed E-state index contributed by atoms with van der Waals surface area (Å²) >= 11 is 0. The van der Waals surface area contributed by atoms with Gasteiger partial charge in [0.2, 0.25) is 11.8 Å². The van der Waals surface area contributed by atoms with Crippen molar-refractivity contribution in [2.24, 2.45) is 5.92 Å². The number of likely N-dealkylation sites (tertiary alicyclic amines) is 1. The monoisotopic (exact) mass is 387 g/mol. The fourth-order valence-corrected chi connectivity index (χ4v) is 3.88. The van der Waals surface area contributed by atoms with Crippen molar-refractivity contribution in [3.05, 3.63) is 29.3 Å². The number of hydrogen-bond donors (Lipinski definition) is 1. The number of rotatable bonds is 4. The summed E-state index contributed by atoms with van der Waals surface area (Å²) < 4.78 is 5.02. The normalized spacial score (nSPS) is 20.4. The Hall–Kier alpha value is -2.57. The van der Waals surface area contributed by atoms with Crippen LogP contribution < -0.4 is 10.2 Å². The van der Waals surface area contributed by atoms with Gasteiger partial charge < -0.3 is 19.9 Å². The van der Waals surface area contributed by atoms with Gasteiger partial charge in [-0.15, -0.1) is 0 Å². The maximum Gasteiger partial charge on any atom is 0.409 e. The molecule has 0 spiro atoms. The lowest BCUT2D eigenvalue weighted by Crippen LogP contribution is -2.48. The maximum atomic E-state index is 12.7. The summed E-state index contributed by atoms with van der Waals surface area (Å²) in [4.78, 5) is 40.4. The van der Waals surface area contributed by atoms with Gasteiger partial charge in [-0.1, -0.05) is 12.1 Å². The van der Waals surface area contributed by atoms with Crippen molar-refractivity contribution in [3.8, 4) is 0 Å². The molecule has 2 aliphatic heterocycles. The summed E-state index contributed by atoms with van der Waals surface area (Å²) in [6, 6.07) is 5.93. The molecule has 1 atom stereocenters. The number of aryl methyl sites for hydroxylation is 1. The molecular formula is C21H29N3O4. The molecule has 0 saturated carbocycles. The van der Waals surface area contributed by atoms with E-state index in [9.17, 15) is 14.4 Å². The fraction of sp³-hybridized carbons (Fsp3) is 0.571. The molecule has 1 N–H and O–H groups in total. The molecule has 28 heavy (non-hydrogen) atoms. The Balaban J connectivity index is 1.54. The van der Waals surface area contributed by atoms with Crippen LogP contribution in [0.1, 0.15) is 37.3 Å². The molecule has 0 bridgehead atoms. The van der Waals surface area contributed by atoms with Crippen molar-refractivity contribution >= 4 is 23.6 Å². The zero-order valence-corrected chi connectivity index (χ0v) is 16.9. The van der Waals surface area contributed by atoms with Crippen LogP contribution >= 0.6 is 0 Å². The van der Waals surface area contributed by atoms with E-state index in [1.807, 2.05) is 32.0 Å². The Morgan fingerprint density at radius 2 is 1.93 bits per heavy atom. The second kappa shape index (κ2) is 8.63. The van der Waals surface area contributed by atoms with Gasteiger partial charge >= 0.3 is 6.09 Å². The first-order chi connectivity index (χ1) is 13.4. The number of nitrogens with one attached hydrogen (secondary N) is 1. The zero-order chi connectivity index (χ0) is 20.3. The van der Waals surface area contributed by atoms with E-state index in [1.165, 1.54) is 0 Å². The number of carbonyl (C=O) groups is 3. The minimum atomic E-state index is -0.338. The summed E-state index contributed by atoms with van der Waals surface area (Å²) in [6.07, 6.45) is 1.34. The van der Waals surface area contributed by atoms with E-state index in [2.05, 4.69) is 5.32 Å². The van der Waals surface area contributed by atoms with Crippen LogP contribution in [-0.2, 0) is 14.3 Å². The molecular weight excluding hydrogens is 358 g/mol. The van der Waals surface area contributed by atoms with Crippen LogP contribution in [-0.4, -0.2) is 55.1 Å². The van der Waals surface area contributed by atoms with Crippen molar-refractivity contribution in [3.63, 3.8) is 0 Å². The smallest absolute Gasteiger partial charge is 0.409 e. The molecule has 3 amide bonds. The molecule has 0 radical (unpaired) electrons. The van der Waals surface area contributed by atoms with Gasteiger partial charge in [0.15, 0.2) is 0 Å². The molecule has 0 aliphatic carbocycles. The number of ether oxygens (including phenoxy) is 1. The fourth-order valence-electron chi connectivity index (χ4n) is 3.88. The number of piperidine rings is 1. The van der Waals surface area contributed by atoms with Crippen LogP contribution in [0.2, 0.25) is 0 Å². The molecule has 152 valence electrons. The number of hydrogen-bond acceptors (Lipinski definition) is 4. The van der Waals surface area contributed by atoms with Gasteiger partial charge in [-0.2, -0.15) is 0 Å². The molecule has 0 aromatic heterocycles. The first kappa shape index (κ1) is 20.2. The molecule has 1 unspecified atom stereocenters. The highest BCUT2D eigenvalue weighted by Crippen LogP contribution is 2.29. The molecule has 3 rings (SSSR count). The van der Waals surface area contributed by atoms with E-state index in [4.69, 9.17) is 4.74 Å². The summed E-state index contributed by atoms with van der Waals surface area (Å²) in [5, 5.41) is 3.07. The lowest BCUT2D eigenvalue weighted by molar-refractivity contribution is -0.127. The van der Waals surface area contributed by atoms with E-state index < -0.39 is 0 Å². The van der Waals surface area contributed by atoms with Crippen LogP contribution in [0.25, 0.3) is 0 Å². The predicted molar refractivity (Wildman–Crippen MR) is 106 cm³/mol. The topological polar surface area (TPSA) is 79.0 Å². The Kier molecular flexibility index (Phi) is 6.21. The molecule has 2 fully saturated rings. The average molecular weight is 387 g/mol. The Bertz CT molecular complexity index is 756. The van der Waals surface area contributed by atoms with Crippen LogP contribution in [0, 0.1) is 19.8 Å². The number of nitrogens with zero attached hydrogens (tertiary/aromatic N) is 2. The Morgan fingerprint density at radius 3 is 2.61 bits per heavy atom. The summed E-state index contributed by atoms with van der Waals surface area (Å²) in [7, 11) is 0. The van der Waals surface area contributed by atoms with Gasteiger partial charge in [0.05, 0.1) is 12.5 Å².